The van der Waals surface area contributed by atoms with E-state index in [9.17, 15) is 32.3 Å². The van der Waals surface area contributed by atoms with E-state index < -0.39 is 47.2 Å². The molecule has 0 bridgehead atoms. The average Bonchev–Trinajstić information content (AvgIpc) is 2.76. The number of esters is 2. The summed E-state index contributed by atoms with van der Waals surface area (Å²) in [6, 6.07) is 4.11. The molecular formula is C23H31F3N2O7. The first kappa shape index (κ1) is 29.7. The fourth-order valence-electron chi connectivity index (χ4n) is 2.75. The topological polar surface area (TPSA) is 120 Å². The van der Waals surface area contributed by atoms with Crippen LogP contribution in [0.2, 0.25) is 0 Å². The molecule has 0 radical (unpaired) electrons. The van der Waals surface area contributed by atoms with Gasteiger partial charge in [0.25, 0.3) is 0 Å². The van der Waals surface area contributed by atoms with E-state index in [4.69, 9.17) is 9.47 Å². The lowest BCUT2D eigenvalue weighted by Gasteiger charge is -2.19. The zero-order chi connectivity index (χ0) is 26.6. The van der Waals surface area contributed by atoms with Crippen molar-refractivity contribution in [3.8, 4) is 0 Å². The van der Waals surface area contributed by atoms with E-state index in [1.54, 1.807) is 20.8 Å². The normalized spacial score (nSPS) is 12.3. The van der Waals surface area contributed by atoms with Crippen LogP contribution in [0, 0.1) is 5.92 Å². The van der Waals surface area contributed by atoms with Gasteiger partial charge in [0.1, 0.15) is 12.2 Å². The molecule has 0 aliphatic rings. The SMILES string of the molecule is COC(=O)[C@H](CCCCNC(=O)CNC(=O)OC(C)(C)C)C(=O)OCc1ccc(C(F)(F)F)cc1. The number of methoxy groups -OCH3 is 1. The molecule has 0 aliphatic heterocycles. The molecule has 0 saturated carbocycles. The van der Waals surface area contributed by atoms with Crippen molar-refractivity contribution >= 4 is 23.9 Å². The standard InChI is InChI=1S/C23H31F3N2O7/c1-22(2,3)35-21(32)28-13-18(29)27-12-6-5-7-17(19(30)33-4)20(31)34-14-15-8-10-16(11-9-15)23(24,25)26/h8-11,17H,5-7,12-14H2,1-4H3,(H,27,29)(H,28,32)/t17-/m0/s1. The van der Waals surface area contributed by atoms with E-state index in [2.05, 4.69) is 15.4 Å². The number of alkyl carbamates (subject to hydrolysis) is 1. The van der Waals surface area contributed by atoms with Gasteiger partial charge in [-0.2, -0.15) is 13.2 Å². The molecule has 0 fully saturated rings. The van der Waals surface area contributed by atoms with Crippen LogP contribution in [0.5, 0.6) is 0 Å². The van der Waals surface area contributed by atoms with Crippen LogP contribution in [-0.2, 0) is 41.4 Å². The number of benzene rings is 1. The van der Waals surface area contributed by atoms with Crippen LogP contribution in [0.1, 0.15) is 51.2 Å². The third-order valence-corrected chi connectivity index (χ3v) is 4.47. The Morgan fingerprint density at radius 2 is 1.57 bits per heavy atom. The smallest absolute Gasteiger partial charge is 0.416 e. The van der Waals surface area contributed by atoms with Crippen molar-refractivity contribution in [2.45, 2.75) is 58.4 Å². The number of hydrogen-bond donors (Lipinski definition) is 2. The Labute approximate surface area is 201 Å². The molecule has 1 aromatic carbocycles. The van der Waals surface area contributed by atoms with Crippen molar-refractivity contribution < 1.29 is 46.6 Å². The van der Waals surface area contributed by atoms with Crippen LogP contribution in [0.15, 0.2) is 24.3 Å². The third kappa shape index (κ3) is 12.1. The lowest BCUT2D eigenvalue weighted by atomic mass is 10.0. The second-order valence-corrected chi connectivity index (χ2v) is 8.58. The molecule has 0 aliphatic carbocycles. The highest BCUT2D eigenvalue weighted by atomic mass is 19.4. The van der Waals surface area contributed by atoms with Gasteiger partial charge in [-0.3, -0.25) is 14.4 Å². The zero-order valence-corrected chi connectivity index (χ0v) is 20.1. The maximum absolute atomic E-state index is 12.6. The van der Waals surface area contributed by atoms with Gasteiger partial charge in [0.2, 0.25) is 5.91 Å². The first-order chi connectivity index (χ1) is 16.2. The van der Waals surface area contributed by atoms with E-state index in [-0.39, 0.29) is 26.1 Å². The predicted octanol–water partition coefficient (Wildman–Crippen LogP) is 3.35. The number of ether oxygens (including phenoxy) is 3. The lowest BCUT2D eigenvalue weighted by molar-refractivity contribution is -0.161. The van der Waals surface area contributed by atoms with E-state index in [0.29, 0.717) is 18.4 Å². The molecule has 9 nitrogen and oxygen atoms in total. The van der Waals surface area contributed by atoms with Gasteiger partial charge in [0, 0.05) is 6.54 Å². The summed E-state index contributed by atoms with van der Waals surface area (Å²) in [5.41, 5.74) is -1.18. The highest BCUT2D eigenvalue weighted by molar-refractivity contribution is 5.94. The van der Waals surface area contributed by atoms with Gasteiger partial charge in [0.15, 0.2) is 5.92 Å². The number of carbonyl (C=O) groups excluding carboxylic acids is 4. The molecule has 35 heavy (non-hydrogen) atoms. The molecule has 0 heterocycles. The summed E-state index contributed by atoms with van der Waals surface area (Å²) >= 11 is 0. The molecule has 2 amide bonds. The lowest BCUT2D eigenvalue weighted by Crippen LogP contribution is -2.40. The van der Waals surface area contributed by atoms with Crippen LogP contribution in [0.4, 0.5) is 18.0 Å². The molecule has 1 aromatic rings. The number of hydrogen-bond acceptors (Lipinski definition) is 7. The molecule has 0 spiro atoms. The largest absolute Gasteiger partial charge is 0.468 e. The number of nitrogens with one attached hydrogen (secondary N) is 2. The summed E-state index contributed by atoms with van der Waals surface area (Å²) in [4.78, 5) is 47.6. The van der Waals surface area contributed by atoms with Crippen molar-refractivity contribution in [1.82, 2.24) is 10.6 Å². The van der Waals surface area contributed by atoms with E-state index in [1.165, 1.54) is 12.1 Å². The third-order valence-electron chi connectivity index (χ3n) is 4.47. The van der Waals surface area contributed by atoms with Gasteiger partial charge in [-0.15, -0.1) is 0 Å². The monoisotopic (exact) mass is 504 g/mol. The maximum atomic E-state index is 12.6. The second-order valence-electron chi connectivity index (χ2n) is 8.58. The van der Waals surface area contributed by atoms with Crippen LogP contribution >= 0.6 is 0 Å². The highest BCUT2D eigenvalue weighted by Crippen LogP contribution is 2.29. The molecule has 0 saturated heterocycles. The van der Waals surface area contributed by atoms with Crippen LogP contribution in [0.3, 0.4) is 0 Å². The number of halogens is 3. The summed E-state index contributed by atoms with van der Waals surface area (Å²) < 4.78 is 52.6. The summed E-state index contributed by atoms with van der Waals surface area (Å²) in [6.07, 6.45) is -4.31. The van der Waals surface area contributed by atoms with Gasteiger partial charge in [-0.05, 0) is 51.3 Å². The Bertz CT molecular complexity index is 865. The summed E-state index contributed by atoms with van der Waals surface area (Å²) in [5.74, 6) is -3.30. The Kier molecular flexibility index (Phi) is 11.5. The van der Waals surface area contributed by atoms with Crippen LogP contribution in [0.25, 0.3) is 0 Å². The van der Waals surface area contributed by atoms with Gasteiger partial charge in [0.05, 0.1) is 19.2 Å². The Morgan fingerprint density at radius 3 is 2.11 bits per heavy atom. The minimum atomic E-state index is -4.47. The number of carbonyl (C=O) groups is 4. The van der Waals surface area contributed by atoms with Gasteiger partial charge < -0.3 is 24.8 Å². The zero-order valence-electron chi connectivity index (χ0n) is 20.1. The number of amides is 2. The van der Waals surface area contributed by atoms with Crippen molar-refractivity contribution in [2.75, 3.05) is 20.2 Å². The average molecular weight is 505 g/mol. The number of unbranched alkanes of at least 4 members (excludes halogenated alkanes) is 1. The molecule has 196 valence electrons. The quantitative estimate of drug-likeness (QED) is 0.205. The number of rotatable bonds is 11. The van der Waals surface area contributed by atoms with Crippen molar-refractivity contribution in [3.05, 3.63) is 35.4 Å². The molecule has 12 heteroatoms. The van der Waals surface area contributed by atoms with Crippen molar-refractivity contribution in [3.63, 3.8) is 0 Å². The van der Waals surface area contributed by atoms with Crippen LogP contribution in [-0.4, -0.2) is 49.7 Å². The molecule has 0 unspecified atom stereocenters. The van der Waals surface area contributed by atoms with Gasteiger partial charge >= 0.3 is 24.2 Å². The number of alkyl halides is 3. The van der Waals surface area contributed by atoms with Crippen molar-refractivity contribution in [1.29, 1.82) is 0 Å². The maximum Gasteiger partial charge on any atom is 0.416 e. The predicted molar refractivity (Wildman–Crippen MR) is 118 cm³/mol. The summed E-state index contributed by atoms with van der Waals surface area (Å²) in [5, 5.41) is 4.91. The fourth-order valence-corrected chi connectivity index (χ4v) is 2.75. The first-order valence-electron chi connectivity index (χ1n) is 10.9. The fraction of sp³-hybridized carbons (Fsp3) is 0.565. The Morgan fingerprint density at radius 1 is 0.943 bits per heavy atom. The molecule has 1 rings (SSSR count). The summed E-state index contributed by atoms with van der Waals surface area (Å²) in [7, 11) is 1.12. The minimum absolute atomic E-state index is 0.0878. The van der Waals surface area contributed by atoms with E-state index in [0.717, 1.165) is 19.2 Å². The molecular weight excluding hydrogens is 473 g/mol. The second kappa shape index (κ2) is 13.5. The Balaban J connectivity index is 2.41. The molecule has 2 N–H and O–H groups in total. The van der Waals surface area contributed by atoms with E-state index in [1.807, 2.05) is 0 Å². The van der Waals surface area contributed by atoms with E-state index >= 15 is 0 Å². The van der Waals surface area contributed by atoms with Gasteiger partial charge in [-0.25, -0.2) is 4.79 Å². The van der Waals surface area contributed by atoms with Crippen LogP contribution < -0.4 is 10.6 Å². The Hall–Kier alpha value is -3.31. The molecule has 1 atom stereocenters. The molecule has 0 aromatic heterocycles. The van der Waals surface area contributed by atoms with Gasteiger partial charge in [-0.1, -0.05) is 18.6 Å². The minimum Gasteiger partial charge on any atom is -0.468 e. The summed E-state index contributed by atoms with van der Waals surface area (Å²) in [6.45, 7) is 4.75. The highest BCUT2D eigenvalue weighted by Gasteiger charge is 2.31. The first-order valence-corrected chi connectivity index (χ1v) is 10.9. The van der Waals surface area contributed by atoms with Crippen molar-refractivity contribution in [2.24, 2.45) is 5.92 Å².